The lowest BCUT2D eigenvalue weighted by Crippen LogP contribution is -2.55. The predicted octanol–water partition coefficient (Wildman–Crippen LogP) is 1.62. The fraction of sp³-hybridized carbons (Fsp3) is 0.562. The number of pyridine rings is 1. The number of ether oxygens (including phenoxy) is 2. The van der Waals surface area contributed by atoms with Gasteiger partial charge in [0.1, 0.15) is 6.10 Å². The second-order valence-corrected chi connectivity index (χ2v) is 5.93. The summed E-state index contributed by atoms with van der Waals surface area (Å²) in [7, 11) is 1.38. The first-order chi connectivity index (χ1) is 10.9. The van der Waals surface area contributed by atoms with Crippen molar-refractivity contribution in [2.24, 2.45) is 0 Å². The Kier molecular flexibility index (Phi) is 5.54. The number of aliphatic carboxylic acids is 1. The monoisotopic (exact) mass is 322 g/mol. The van der Waals surface area contributed by atoms with Crippen molar-refractivity contribution in [2.75, 3.05) is 13.7 Å². The third-order valence-corrected chi connectivity index (χ3v) is 3.88. The lowest BCUT2D eigenvalue weighted by molar-refractivity contribution is -0.145. The molecule has 7 nitrogen and oxygen atoms in total. The fourth-order valence-corrected chi connectivity index (χ4v) is 2.52. The van der Waals surface area contributed by atoms with E-state index in [0.29, 0.717) is 5.88 Å². The van der Waals surface area contributed by atoms with E-state index < -0.39 is 17.4 Å². The number of carboxylic acids is 1. The maximum atomic E-state index is 12.2. The summed E-state index contributed by atoms with van der Waals surface area (Å²) in [5.74, 6) is -1.21. The number of nitrogens with zero attached hydrogens (tertiary/aromatic N) is 1. The van der Waals surface area contributed by atoms with Crippen molar-refractivity contribution < 1.29 is 24.2 Å². The Morgan fingerprint density at radius 2 is 2.09 bits per heavy atom. The van der Waals surface area contributed by atoms with Crippen LogP contribution >= 0.6 is 0 Å². The number of carboxylic acid groups (broad SMARTS) is 1. The molecule has 2 rings (SSSR count). The second kappa shape index (κ2) is 7.41. The van der Waals surface area contributed by atoms with Crippen LogP contribution in [0.15, 0.2) is 18.3 Å². The highest BCUT2D eigenvalue weighted by molar-refractivity contribution is 5.97. The first-order valence-electron chi connectivity index (χ1n) is 7.62. The quantitative estimate of drug-likeness (QED) is 0.791. The molecule has 1 fully saturated rings. The van der Waals surface area contributed by atoms with E-state index in [4.69, 9.17) is 9.47 Å². The highest BCUT2D eigenvalue weighted by atomic mass is 16.5. The first kappa shape index (κ1) is 17.2. The number of nitrogens with one attached hydrogen (secondary N) is 1. The Morgan fingerprint density at radius 1 is 1.39 bits per heavy atom. The van der Waals surface area contributed by atoms with Gasteiger partial charge < -0.3 is 19.9 Å². The normalized spacial score (nSPS) is 17.5. The summed E-state index contributed by atoms with van der Waals surface area (Å²) < 4.78 is 10.6. The second-order valence-electron chi connectivity index (χ2n) is 5.93. The van der Waals surface area contributed by atoms with E-state index in [9.17, 15) is 14.7 Å². The number of carbonyl (C=O) groups is 2. The number of aromatic nitrogens is 1. The molecule has 126 valence electrons. The Labute approximate surface area is 135 Å². The van der Waals surface area contributed by atoms with Crippen molar-refractivity contribution >= 4 is 11.9 Å². The molecule has 1 heterocycles. The molecule has 23 heavy (non-hydrogen) atoms. The maximum Gasteiger partial charge on any atom is 0.331 e. The van der Waals surface area contributed by atoms with E-state index >= 15 is 0 Å². The van der Waals surface area contributed by atoms with Crippen molar-refractivity contribution in [3.05, 3.63) is 23.9 Å². The third-order valence-electron chi connectivity index (χ3n) is 3.88. The van der Waals surface area contributed by atoms with Crippen LogP contribution in [0.25, 0.3) is 0 Å². The van der Waals surface area contributed by atoms with Crippen LogP contribution < -0.4 is 10.1 Å². The lowest BCUT2D eigenvalue weighted by Gasteiger charge is -2.25. The van der Waals surface area contributed by atoms with Crippen molar-refractivity contribution in [1.29, 1.82) is 0 Å². The number of rotatable bonds is 7. The Hall–Kier alpha value is -2.15. The molecule has 0 spiro atoms. The van der Waals surface area contributed by atoms with E-state index in [0.717, 1.165) is 12.8 Å². The third kappa shape index (κ3) is 4.41. The van der Waals surface area contributed by atoms with Gasteiger partial charge in [0, 0.05) is 19.4 Å². The summed E-state index contributed by atoms with van der Waals surface area (Å²) in [6.07, 6.45) is 5.96. The zero-order chi connectivity index (χ0) is 16.9. The predicted molar refractivity (Wildman–Crippen MR) is 82.5 cm³/mol. The van der Waals surface area contributed by atoms with Gasteiger partial charge in [0.05, 0.1) is 12.2 Å². The van der Waals surface area contributed by atoms with Crippen LogP contribution in [0.1, 0.15) is 43.0 Å². The van der Waals surface area contributed by atoms with Gasteiger partial charge in [-0.1, -0.05) is 0 Å². The van der Waals surface area contributed by atoms with Crippen LogP contribution in [0.3, 0.4) is 0 Å². The van der Waals surface area contributed by atoms with E-state index in [1.54, 1.807) is 12.1 Å². The number of methoxy groups -OCH3 is 1. The standard InChI is InChI=1S/C16H22N2O5/c1-16(10-22-2,15(20)21)18-14(19)11-7-8-13(17-9-11)23-12-5-3-4-6-12/h7-9,12H,3-6,10H2,1-2H3,(H,18,19)(H,20,21). The van der Waals surface area contributed by atoms with Crippen LogP contribution in [-0.4, -0.2) is 47.3 Å². The van der Waals surface area contributed by atoms with Gasteiger partial charge in [0.15, 0.2) is 5.54 Å². The molecule has 1 aliphatic carbocycles. The van der Waals surface area contributed by atoms with Gasteiger partial charge in [-0.15, -0.1) is 0 Å². The molecule has 0 bridgehead atoms. The van der Waals surface area contributed by atoms with Crippen molar-refractivity contribution in [1.82, 2.24) is 10.3 Å². The number of hydrogen-bond donors (Lipinski definition) is 2. The molecule has 1 amide bonds. The molecule has 1 aliphatic rings. The number of hydrogen-bond acceptors (Lipinski definition) is 5. The Balaban J connectivity index is 2.00. The highest BCUT2D eigenvalue weighted by Crippen LogP contribution is 2.22. The number of carbonyl (C=O) groups excluding carboxylic acids is 1. The molecule has 0 radical (unpaired) electrons. The summed E-state index contributed by atoms with van der Waals surface area (Å²) in [6.45, 7) is 1.26. The van der Waals surface area contributed by atoms with Gasteiger partial charge in [-0.2, -0.15) is 0 Å². The highest BCUT2D eigenvalue weighted by Gasteiger charge is 2.35. The molecule has 1 saturated carbocycles. The van der Waals surface area contributed by atoms with Gasteiger partial charge in [0.25, 0.3) is 5.91 Å². The van der Waals surface area contributed by atoms with E-state index in [2.05, 4.69) is 10.3 Å². The summed E-state index contributed by atoms with van der Waals surface area (Å²) in [5, 5.41) is 11.7. The fourth-order valence-electron chi connectivity index (χ4n) is 2.52. The molecule has 1 unspecified atom stereocenters. The summed E-state index contributed by atoms with van der Waals surface area (Å²) in [6, 6.07) is 3.20. The zero-order valence-corrected chi connectivity index (χ0v) is 13.4. The minimum absolute atomic E-state index is 0.135. The van der Waals surface area contributed by atoms with Crippen LogP contribution in [0.4, 0.5) is 0 Å². The van der Waals surface area contributed by atoms with Gasteiger partial charge in [-0.25, -0.2) is 9.78 Å². The largest absolute Gasteiger partial charge is 0.479 e. The molecule has 0 saturated heterocycles. The molecule has 0 aliphatic heterocycles. The summed E-state index contributed by atoms with van der Waals surface area (Å²) >= 11 is 0. The van der Waals surface area contributed by atoms with Gasteiger partial charge in [0.2, 0.25) is 5.88 Å². The molecular weight excluding hydrogens is 300 g/mol. The van der Waals surface area contributed by atoms with Crippen LogP contribution in [0.2, 0.25) is 0 Å². The smallest absolute Gasteiger partial charge is 0.331 e. The molecule has 1 atom stereocenters. The van der Waals surface area contributed by atoms with Crippen LogP contribution in [0.5, 0.6) is 5.88 Å². The summed E-state index contributed by atoms with van der Waals surface area (Å²) in [4.78, 5) is 27.6. The molecule has 7 heteroatoms. The van der Waals surface area contributed by atoms with Crippen LogP contribution in [0, 0.1) is 0 Å². The van der Waals surface area contributed by atoms with Gasteiger partial charge in [-0.3, -0.25) is 4.79 Å². The van der Waals surface area contributed by atoms with Gasteiger partial charge >= 0.3 is 5.97 Å². The lowest BCUT2D eigenvalue weighted by atomic mass is 10.0. The summed E-state index contributed by atoms with van der Waals surface area (Å²) in [5.41, 5.74) is -1.22. The first-order valence-corrected chi connectivity index (χ1v) is 7.62. The van der Waals surface area contributed by atoms with E-state index in [1.165, 1.54) is 33.1 Å². The Morgan fingerprint density at radius 3 is 2.61 bits per heavy atom. The zero-order valence-electron chi connectivity index (χ0n) is 13.4. The SMILES string of the molecule is COCC(C)(NC(=O)c1ccc(OC2CCCC2)nc1)C(=O)O. The molecule has 2 N–H and O–H groups in total. The average molecular weight is 322 g/mol. The van der Waals surface area contributed by atoms with Crippen molar-refractivity contribution in [3.63, 3.8) is 0 Å². The topological polar surface area (TPSA) is 97.8 Å². The Bertz CT molecular complexity index is 554. The maximum absolute atomic E-state index is 12.2. The van der Waals surface area contributed by atoms with Gasteiger partial charge in [-0.05, 0) is 38.7 Å². The van der Waals surface area contributed by atoms with E-state index in [-0.39, 0.29) is 18.3 Å². The van der Waals surface area contributed by atoms with E-state index in [1.807, 2.05) is 0 Å². The molecule has 0 aromatic carbocycles. The minimum atomic E-state index is -1.50. The molecular formula is C16H22N2O5. The number of amides is 1. The minimum Gasteiger partial charge on any atom is -0.479 e. The average Bonchev–Trinajstić information content (AvgIpc) is 3.01. The van der Waals surface area contributed by atoms with Crippen molar-refractivity contribution in [3.8, 4) is 5.88 Å². The van der Waals surface area contributed by atoms with Crippen LogP contribution in [-0.2, 0) is 9.53 Å². The molecule has 1 aromatic heterocycles. The molecule has 1 aromatic rings. The van der Waals surface area contributed by atoms with Crippen molar-refractivity contribution in [2.45, 2.75) is 44.2 Å².